The number of hydrogen-bond acceptors (Lipinski definition) is 3. The molecule has 0 unspecified atom stereocenters. The molecule has 0 radical (unpaired) electrons. The molecule has 1 aliphatic rings. The molecule has 0 aliphatic heterocycles. The number of nitrogens with one attached hydrogen (secondary N) is 1. The minimum absolute atomic E-state index is 0.0744. The van der Waals surface area contributed by atoms with Crippen LogP contribution >= 0.6 is 0 Å². The summed E-state index contributed by atoms with van der Waals surface area (Å²) in [5.74, 6) is 0.0744. The highest BCUT2D eigenvalue weighted by molar-refractivity contribution is 5.92. The van der Waals surface area contributed by atoms with Crippen LogP contribution in [-0.4, -0.2) is 17.9 Å². The molecule has 1 amide bonds. The normalized spacial score (nSPS) is 16.4. The number of Topliss-reactive ketones (excluding diaryl/α,β-unsaturated/α-hetero) is 1. The summed E-state index contributed by atoms with van der Waals surface area (Å²) in [7, 11) is 0. The van der Waals surface area contributed by atoms with Crippen LogP contribution in [0.2, 0.25) is 0 Å². The van der Waals surface area contributed by atoms with E-state index in [1.165, 1.54) is 16.7 Å². The summed E-state index contributed by atoms with van der Waals surface area (Å²) < 4.78 is 5.20. The second-order valence-corrected chi connectivity index (χ2v) is 6.24. The van der Waals surface area contributed by atoms with Gasteiger partial charge in [-0.2, -0.15) is 0 Å². The van der Waals surface area contributed by atoms with Gasteiger partial charge in [-0.3, -0.25) is 4.79 Å². The van der Waals surface area contributed by atoms with Gasteiger partial charge in [-0.1, -0.05) is 42.5 Å². The fraction of sp³-hybridized carbons (Fsp3) is 0.300. The van der Waals surface area contributed by atoms with E-state index < -0.39 is 6.09 Å². The molecular weight excluding hydrogens is 302 g/mol. The van der Waals surface area contributed by atoms with Crippen molar-refractivity contribution in [3.8, 4) is 11.1 Å². The largest absolute Gasteiger partial charge is 0.445 e. The number of hydrogen-bond donors (Lipinski definition) is 1. The van der Waals surface area contributed by atoms with Crippen LogP contribution < -0.4 is 5.32 Å². The molecule has 0 aromatic heterocycles. The number of ketones is 1. The van der Waals surface area contributed by atoms with Crippen molar-refractivity contribution in [2.75, 3.05) is 0 Å². The van der Waals surface area contributed by atoms with E-state index >= 15 is 0 Å². The van der Waals surface area contributed by atoms with E-state index in [1.807, 2.05) is 24.3 Å². The summed E-state index contributed by atoms with van der Waals surface area (Å²) in [4.78, 5) is 22.9. The number of benzene rings is 2. The molecule has 1 saturated carbocycles. The lowest BCUT2D eigenvalue weighted by atomic mass is 9.91. The smallest absolute Gasteiger partial charge is 0.408 e. The number of amides is 1. The molecule has 4 nitrogen and oxygen atoms in total. The average Bonchev–Trinajstić information content (AvgIpc) is 2.57. The van der Waals surface area contributed by atoms with Gasteiger partial charge in [0.15, 0.2) is 5.78 Å². The molecule has 24 heavy (non-hydrogen) atoms. The molecule has 0 saturated heterocycles. The molecule has 1 atom stereocenters. The van der Waals surface area contributed by atoms with Crippen LogP contribution in [-0.2, 0) is 16.1 Å². The summed E-state index contributed by atoms with van der Waals surface area (Å²) in [6.45, 7) is 4.35. The Morgan fingerprint density at radius 2 is 1.88 bits per heavy atom. The molecule has 124 valence electrons. The highest BCUT2D eigenvalue weighted by Crippen LogP contribution is 2.27. The van der Waals surface area contributed by atoms with Crippen molar-refractivity contribution < 1.29 is 14.3 Å². The van der Waals surface area contributed by atoms with Gasteiger partial charge in [0.1, 0.15) is 6.61 Å². The Labute approximate surface area is 141 Å². The van der Waals surface area contributed by atoms with Crippen molar-refractivity contribution in [3.05, 3.63) is 59.2 Å². The van der Waals surface area contributed by atoms with Crippen LogP contribution in [0.15, 0.2) is 42.5 Å². The van der Waals surface area contributed by atoms with Gasteiger partial charge >= 0.3 is 6.09 Å². The first-order valence-electron chi connectivity index (χ1n) is 8.16. The van der Waals surface area contributed by atoms with E-state index in [2.05, 4.69) is 37.4 Å². The van der Waals surface area contributed by atoms with Gasteiger partial charge in [0.25, 0.3) is 0 Å². The first-order valence-corrected chi connectivity index (χ1v) is 8.16. The lowest BCUT2D eigenvalue weighted by Crippen LogP contribution is -2.47. The van der Waals surface area contributed by atoms with Crippen molar-refractivity contribution in [1.29, 1.82) is 0 Å². The van der Waals surface area contributed by atoms with E-state index in [0.29, 0.717) is 12.8 Å². The maximum atomic E-state index is 11.7. The molecule has 3 rings (SSSR count). The minimum atomic E-state index is -0.534. The summed E-state index contributed by atoms with van der Waals surface area (Å²) in [5, 5.41) is 2.58. The van der Waals surface area contributed by atoms with Gasteiger partial charge in [-0.25, -0.2) is 4.79 Å². The summed E-state index contributed by atoms with van der Waals surface area (Å²) >= 11 is 0. The van der Waals surface area contributed by atoms with Gasteiger partial charge in [-0.15, -0.1) is 0 Å². The second kappa shape index (κ2) is 6.87. The van der Waals surface area contributed by atoms with Crippen LogP contribution in [0, 0.1) is 13.8 Å². The number of alkyl carbamates (subject to hydrolysis) is 1. The highest BCUT2D eigenvalue weighted by Gasteiger charge is 2.29. The lowest BCUT2D eigenvalue weighted by molar-refractivity contribution is -0.126. The maximum absolute atomic E-state index is 11.7. The monoisotopic (exact) mass is 323 g/mol. The zero-order valence-corrected chi connectivity index (χ0v) is 14.0. The molecule has 2 aromatic carbocycles. The van der Waals surface area contributed by atoms with Gasteiger partial charge in [-0.05, 0) is 48.1 Å². The molecule has 0 bridgehead atoms. The Morgan fingerprint density at radius 1 is 1.12 bits per heavy atom. The third kappa shape index (κ3) is 3.48. The zero-order valence-electron chi connectivity index (χ0n) is 14.0. The molecule has 0 heterocycles. The Morgan fingerprint density at radius 3 is 2.50 bits per heavy atom. The Hall–Kier alpha value is -2.62. The third-order valence-corrected chi connectivity index (χ3v) is 4.46. The van der Waals surface area contributed by atoms with Gasteiger partial charge in [0, 0.05) is 6.42 Å². The van der Waals surface area contributed by atoms with E-state index in [9.17, 15) is 9.59 Å². The van der Waals surface area contributed by atoms with Crippen LogP contribution in [0.5, 0.6) is 0 Å². The van der Waals surface area contributed by atoms with Gasteiger partial charge < -0.3 is 10.1 Å². The predicted octanol–water partition coefficient (Wildman–Crippen LogP) is 3.93. The van der Waals surface area contributed by atoms with E-state index in [-0.39, 0.29) is 18.4 Å². The molecule has 2 aromatic rings. The van der Waals surface area contributed by atoms with Crippen LogP contribution in [0.1, 0.15) is 29.5 Å². The average molecular weight is 323 g/mol. The Balaban J connectivity index is 1.63. The van der Waals surface area contributed by atoms with Gasteiger partial charge in [0.2, 0.25) is 0 Å². The van der Waals surface area contributed by atoms with Crippen molar-refractivity contribution >= 4 is 11.9 Å². The highest BCUT2D eigenvalue weighted by atomic mass is 16.5. The Kier molecular flexibility index (Phi) is 4.65. The second-order valence-electron chi connectivity index (χ2n) is 6.24. The summed E-state index contributed by atoms with van der Waals surface area (Å²) in [6.07, 6.45) is 0.719. The fourth-order valence-corrected chi connectivity index (χ4v) is 2.88. The lowest BCUT2D eigenvalue weighted by Gasteiger charge is -2.24. The zero-order chi connectivity index (χ0) is 17.1. The number of rotatable bonds is 4. The van der Waals surface area contributed by atoms with E-state index in [4.69, 9.17) is 4.74 Å². The molecule has 4 heteroatoms. The predicted molar refractivity (Wildman–Crippen MR) is 92.7 cm³/mol. The first-order chi connectivity index (χ1) is 11.5. The molecule has 1 aliphatic carbocycles. The summed E-state index contributed by atoms with van der Waals surface area (Å²) in [6, 6.07) is 14.0. The number of ether oxygens (including phenoxy) is 1. The van der Waals surface area contributed by atoms with Crippen LogP contribution in [0.3, 0.4) is 0 Å². The topological polar surface area (TPSA) is 55.4 Å². The molecular formula is C20H21NO3. The molecule has 1 N–H and O–H groups in total. The van der Waals surface area contributed by atoms with Crippen molar-refractivity contribution in [2.24, 2.45) is 0 Å². The fourth-order valence-electron chi connectivity index (χ4n) is 2.88. The van der Waals surface area contributed by atoms with Crippen molar-refractivity contribution in [2.45, 2.75) is 39.3 Å². The van der Waals surface area contributed by atoms with Crippen LogP contribution in [0.25, 0.3) is 11.1 Å². The minimum Gasteiger partial charge on any atom is -0.445 e. The van der Waals surface area contributed by atoms with E-state index in [1.54, 1.807) is 0 Å². The van der Waals surface area contributed by atoms with Crippen LogP contribution in [0.4, 0.5) is 4.79 Å². The first kappa shape index (κ1) is 16.2. The number of carbonyl (C=O) groups is 2. The molecule has 1 fully saturated rings. The van der Waals surface area contributed by atoms with Crippen molar-refractivity contribution in [1.82, 2.24) is 5.32 Å². The van der Waals surface area contributed by atoms with E-state index in [0.717, 1.165) is 11.1 Å². The van der Waals surface area contributed by atoms with Gasteiger partial charge in [0.05, 0.1) is 6.04 Å². The SMILES string of the molecule is Cc1ccccc1-c1ccc(COC(=O)N[C@H]2CCC2=O)cc1C. The number of aryl methyl sites for hydroxylation is 2. The van der Waals surface area contributed by atoms with Crippen molar-refractivity contribution in [3.63, 3.8) is 0 Å². The summed E-state index contributed by atoms with van der Waals surface area (Å²) in [5.41, 5.74) is 5.69. The maximum Gasteiger partial charge on any atom is 0.408 e. The molecule has 0 spiro atoms. The standard InChI is InChI=1S/C20H21NO3/c1-13-5-3-4-6-16(13)17-8-7-15(11-14(17)2)12-24-20(23)21-18-9-10-19(18)22/h3-8,11,18H,9-10,12H2,1-2H3,(H,21,23)/t18-/m0/s1. The Bertz CT molecular complexity index is 782. The quantitative estimate of drug-likeness (QED) is 0.927. The number of carbonyl (C=O) groups excluding carboxylic acids is 2. The third-order valence-electron chi connectivity index (χ3n) is 4.46.